The second-order valence-electron chi connectivity index (χ2n) is 16.3. The minimum atomic E-state index is -2.66. The fraction of sp³-hybridized carbons (Fsp3) is 0.436. The maximum Gasteiger partial charge on any atom is 0.262 e. The molecule has 12 nitrogen and oxygen atoms in total. The van der Waals surface area contributed by atoms with Gasteiger partial charge in [-0.15, -0.1) is 0 Å². The Morgan fingerprint density at radius 1 is 1.02 bits per heavy atom. The number of amides is 5. The number of nitrogens with zero attached hydrogens (tertiary/aromatic N) is 4. The van der Waals surface area contributed by atoms with E-state index in [1.165, 1.54) is 0 Å². The summed E-state index contributed by atoms with van der Waals surface area (Å²) in [5, 5.41) is 10.7. The van der Waals surface area contributed by atoms with Crippen LogP contribution in [0.4, 0.5) is 20.2 Å². The second kappa shape index (κ2) is 10.6. The zero-order valence-electron chi connectivity index (χ0n) is 29.2. The number of carbonyl (C=O) groups is 5. The van der Waals surface area contributed by atoms with Crippen LogP contribution in [0.25, 0.3) is 22.3 Å². The van der Waals surface area contributed by atoms with Gasteiger partial charge in [0.05, 0.1) is 16.8 Å². The van der Waals surface area contributed by atoms with E-state index in [4.69, 9.17) is 0 Å². The van der Waals surface area contributed by atoms with Gasteiger partial charge in [0.15, 0.2) is 0 Å². The number of hydrogen-bond acceptors (Lipinski definition) is 7. The Morgan fingerprint density at radius 3 is 2.60 bits per heavy atom. The number of aromatic amines is 2. The summed E-state index contributed by atoms with van der Waals surface area (Å²) in [4.78, 5) is 72.6. The Hall–Kier alpha value is -5.40. The molecule has 2 aromatic carbocycles. The van der Waals surface area contributed by atoms with Gasteiger partial charge in [-0.3, -0.25) is 39.3 Å². The molecule has 4 fully saturated rings. The molecule has 6 aliphatic rings. The highest BCUT2D eigenvalue weighted by molar-refractivity contribution is 6.23. The summed E-state index contributed by atoms with van der Waals surface area (Å²) in [6.07, 6.45) is 3.15. The third-order valence-corrected chi connectivity index (χ3v) is 13.3. The molecule has 2 saturated heterocycles. The molecule has 2 aromatic heterocycles. The van der Waals surface area contributed by atoms with Gasteiger partial charge < -0.3 is 14.8 Å². The van der Waals surface area contributed by atoms with Gasteiger partial charge in [0.25, 0.3) is 17.7 Å². The molecule has 1 spiro atoms. The van der Waals surface area contributed by atoms with Crippen LogP contribution < -0.4 is 15.1 Å². The minimum absolute atomic E-state index is 0.0261. The number of hydrogen-bond donors (Lipinski definition) is 3. The average molecular weight is 722 g/mol. The lowest BCUT2D eigenvalue weighted by Gasteiger charge is -2.45. The zero-order chi connectivity index (χ0) is 36.8. The molecule has 5 amide bonds. The third-order valence-electron chi connectivity index (χ3n) is 13.3. The van der Waals surface area contributed by atoms with Crippen molar-refractivity contribution in [2.75, 3.05) is 29.9 Å². The zero-order valence-corrected chi connectivity index (χ0v) is 29.2. The highest BCUT2D eigenvalue weighted by Crippen LogP contribution is 2.70. The molecule has 2 saturated carbocycles. The SMILES string of the molecule is CN(C(=O)C1CC2(CCN(c3ccc4c(c3)C(=O)N([C@H]3CCC(=O)NC3=O)C4=O)C2)C1)c1ccc2cc(-c3n[nH]c4c3C[C@@H]3C(F)(F)[C@]3(C)C4)[nH]c2c1. The number of carbonyl (C=O) groups excluding carboxylic acids is 5. The summed E-state index contributed by atoms with van der Waals surface area (Å²) in [6.45, 7) is 3.13. The monoisotopic (exact) mass is 721 g/mol. The van der Waals surface area contributed by atoms with E-state index in [1.54, 1.807) is 31.0 Å². The lowest BCUT2D eigenvalue weighted by atomic mass is 9.61. The Labute approximate surface area is 302 Å². The molecule has 10 rings (SSSR count). The largest absolute Gasteiger partial charge is 0.371 e. The van der Waals surface area contributed by atoms with E-state index >= 15 is 0 Å². The number of fused-ring (bicyclic) bond motifs is 4. The summed E-state index contributed by atoms with van der Waals surface area (Å²) in [5.41, 5.74) is 4.95. The normalized spacial score (nSPS) is 27.8. The first-order valence-corrected chi connectivity index (χ1v) is 18.2. The maximum absolute atomic E-state index is 14.5. The molecule has 0 unspecified atom stereocenters. The lowest BCUT2D eigenvalue weighted by molar-refractivity contribution is -0.136. The number of rotatable bonds is 5. The van der Waals surface area contributed by atoms with Gasteiger partial charge in [0.2, 0.25) is 17.7 Å². The molecule has 4 aromatic rings. The summed E-state index contributed by atoms with van der Waals surface area (Å²) < 4.78 is 29.0. The summed E-state index contributed by atoms with van der Waals surface area (Å²) in [6, 6.07) is 12.0. The number of halogens is 2. The Morgan fingerprint density at radius 2 is 1.81 bits per heavy atom. The molecular formula is C39H37F2N7O5. The average Bonchev–Trinajstić information content (AvgIpc) is 3.77. The van der Waals surface area contributed by atoms with E-state index in [1.807, 2.05) is 30.3 Å². The molecule has 14 heteroatoms. The maximum atomic E-state index is 14.5. The van der Waals surface area contributed by atoms with E-state index in [2.05, 4.69) is 25.4 Å². The van der Waals surface area contributed by atoms with Gasteiger partial charge in [0, 0.05) is 83.8 Å². The smallest absolute Gasteiger partial charge is 0.262 e. The van der Waals surface area contributed by atoms with E-state index in [0.29, 0.717) is 12.1 Å². The van der Waals surface area contributed by atoms with Crippen molar-refractivity contribution in [2.45, 2.75) is 63.8 Å². The third kappa shape index (κ3) is 4.50. The molecule has 3 aliphatic heterocycles. The topological polar surface area (TPSA) is 152 Å². The van der Waals surface area contributed by atoms with E-state index < -0.39 is 46.9 Å². The van der Waals surface area contributed by atoms with Crippen molar-refractivity contribution in [3.63, 3.8) is 0 Å². The second-order valence-corrected chi connectivity index (χ2v) is 16.3. The lowest BCUT2D eigenvalue weighted by Crippen LogP contribution is -2.54. The molecule has 3 atom stereocenters. The summed E-state index contributed by atoms with van der Waals surface area (Å²) >= 11 is 0. The molecule has 0 radical (unpaired) electrons. The van der Waals surface area contributed by atoms with Crippen LogP contribution in [0.5, 0.6) is 0 Å². The number of piperidine rings is 1. The van der Waals surface area contributed by atoms with Crippen LogP contribution in [-0.2, 0) is 27.2 Å². The number of H-pyrrole nitrogens is 2. The molecule has 3 N–H and O–H groups in total. The van der Waals surface area contributed by atoms with Gasteiger partial charge >= 0.3 is 0 Å². The van der Waals surface area contributed by atoms with Crippen LogP contribution in [-0.4, -0.2) is 81.7 Å². The van der Waals surface area contributed by atoms with Crippen molar-refractivity contribution in [1.82, 2.24) is 25.4 Å². The van der Waals surface area contributed by atoms with Gasteiger partial charge in [-0.1, -0.05) is 13.0 Å². The van der Waals surface area contributed by atoms with E-state index in [9.17, 15) is 32.8 Å². The Balaban J connectivity index is 0.796. The molecule has 272 valence electrons. The highest BCUT2D eigenvalue weighted by Gasteiger charge is 2.78. The van der Waals surface area contributed by atoms with Crippen LogP contribution in [0.1, 0.15) is 71.0 Å². The van der Waals surface area contributed by atoms with Crippen molar-refractivity contribution < 1.29 is 32.8 Å². The molecule has 0 bridgehead atoms. The number of alkyl halides is 2. The van der Waals surface area contributed by atoms with Crippen LogP contribution in [0.3, 0.4) is 0 Å². The van der Waals surface area contributed by atoms with Gasteiger partial charge in [-0.2, -0.15) is 5.10 Å². The van der Waals surface area contributed by atoms with E-state index in [-0.39, 0.29) is 47.6 Å². The first-order valence-electron chi connectivity index (χ1n) is 18.2. The standard InChI is InChI=1S/C39H37F2N7O5/c1-37-17-28-25(14-30(37)39(37,40)41)32(45-44-28)27-11-19-3-4-21(13-26(19)42-27)46(2)34(51)20-15-38(16-20)9-10-47(18-38)22-5-6-23-24(12-22)36(53)48(35(23)52)29-7-8-31(49)43-33(29)50/h3-6,11-13,20,29-30,42H,7-10,14-18H2,1-2H3,(H,44,45)(H,43,49,50)/t20?,29-,30-,37+,38?/m0/s1. The quantitative estimate of drug-likeness (QED) is 0.255. The van der Waals surface area contributed by atoms with Gasteiger partial charge in [0.1, 0.15) is 11.7 Å². The summed E-state index contributed by atoms with van der Waals surface area (Å²) in [5.74, 6) is -5.51. The summed E-state index contributed by atoms with van der Waals surface area (Å²) in [7, 11) is 1.79. The fourth-order valence-electron chi connectivity index (χ4n) is 9.99. The van der Waals surface area contributed by atoms with Crippen molar-refractivity contribution in [1.29, 1.82) is 0 Å². The fourth-order valence-corrected chi connectivity index (χ4v) is 9.99. The van der Waals surface area contributed by atoms with Gasteiger partial charge in [-0.05, 0) is 73.9 Å². The number of anilines is 2. The van der Waals surface area contributed by atoms with Crippen LogP contribution in [0.2, 0.25) is 0 Å². The number of benzene rings is 2. The minimum Gasteiger partial charge on any atom is -0.371 e. The van der Waals surface area contributed by atoms with Crippen molar-refractivity contribution in [3.8, 4) is 11.4 Å². The Kier molecular flexibility index (Phi) is 6.45. The number of imide groups is 2. The number of aromatic nitrogens is 3. The molecule has 3 aliphatic carbocycles. The van der Waals surface area contributed by atoms with E-state index in [0.717, 1.165) is 76.5 Å². The predicted octanol–water partition coefficient (Wildman–Crippen LogP) is 4.60. The van der Waals surface area contributed by atoms with Crippen molar-refractivity contribution >= 4 is 51.8 Å². The predicted molar refractivity (Wildman–Crippen MR) is 188 cm³/mol. The Bertz CT molecular complexity index is 2340. The van der Waals surface area contributed by atoms with Crippen LogP contribution >= 0.6 is 0 Å². The highest BCUT2D eigenvalue weighted by atomic mass is 19.3. The van der Waals surface area contributed by atoms with Crippen molar-refractivity contribution in [2.24, 2.45) is 22.7 Å². The molecule has 5 heterocycles. The van der Waals surface area contributed by atoms with Crippen LogP contribution in [0, 0.1) is 22.7 Å². The van der Waals surface area contributed by atoms with Crippen LogP contribution in [0.15, 0.2) is 42.5 Å². The first kappa shape index (κ1) is 32.3. The van der Waals surface area contributed by atoms with Gasteiger partial charge in [-0.25, -0.2) is 8.78 Å². The van der Waals surface area contributed by atoms with Crippen molar-refractivity contribution in [3.05, 3.63) is 64.8 Å². The number of nitrogens with one attached hydrogen (secondary N) is 3. The molecule has 53 heavy (non-hydrogen) atoms. The molecular weight excluding hydrogens is 684 g/mol. The first-order chi connectivity index (χ1) is 25.3.